The van der Waals surface area contributed by atoms with Gasteiger partial charge in [-0.25, -0.2) is 0 Å². The highest BCUT2D eigenvalue weighted by Gasteiger charge is 2.01. The number of nitrogens with one attached hydrogen (secondary N) is 1. The fourth-order valence-electron chi connectivity index (χ4n) is 2.09. The molecule has 0 bridgehead atoms. The minimum absolute atomic E-state index is 0. The molecule has 2 nitrogen and oxygen atoms in total. The monoisotopic (exact) mass is 359 g/mol. The smallest absolute Gasteiger partial charge is 0.119 e. The zero-order chi connectivity index (χ0) is 15.1. The van der Waals surface area contributed by atoms with E-state index in [0.717, 1.165) is 35.8 Å². The van der Waals surface area contributed by atoms with Gasteiger partial charge in [-0.05, 0) is 55.3 Å². The first kappa shape index (κ1) is 19.1. The lowest BCUT2D eigenvalue weighted by molar-refractivity contribution is 0.340. The fraction of sp³-hybridized carbons (Fsp3) is 0.294. The molecule has 2 aromatic rings. The molecule has 1 N–H and O–H groups in total. The molecule has 120 valence electrons. The van der Waals surface area contributed by atoms with E-state index in [1.807, 2.05) is 31.2 Å². The van der Waals surface area contributed by atoms with Gasteiger partial charge in [0.2, 0.25) is 0 Å². The van der Waals surface area contributed by atoms with Gasteiger partial charge in [-0.2, -0.15) is 0 Å². The van der Waals surface area contributed by atoms with E-state index in [1.54, 1.807) is 6.07 Å². The molecule has 0 spiro atoms. The molecule has 0 aliphatic rings. The zero-order valence-corrected chi connectivity index (χ0v) is 14.8. The molecule has 0 aromatic heterocycles. The maximum absolute atomic E-state index is 6.15. The molecule has 2 aromatic carbocycles. The highest BCUT2D eigenvalue weighted by molar-refractivity contribution is 6.35. The Kier molecular flexibility index (Phi) is 8.66. The van der Waals surface area contributed by atoms with Crippen molar-refractivity contribution in [1.82, 2.24) is 5.32 Å². The largest absolute Gasteiger partial charge is 0.494 e. The van der Waals surface area contributed by atoms with Gasteiger partial charge in [-0.1, -0.05) is 41.4 Å². The molecule has 0 unspecified atom stereocenters. The third-order valence-electron chi connectivity index (χ3n) is 3.12. The first-order valence-electron chi connectivity index (χ1n) is 7.05. The maximum atomic E-state index is 6.15. The van der Waals surface area contributed by atoms with Crippen LogP contribution in [-0.2, 0) is 13.0 Å². The number of rotatable bonds is 7. The second-order valence-electron chi connectivity index (χ2n) is 4.74. The van der Waals surface area contributed by atoms with E-state index in [1.165, 1.54) is 5.56 Å². The van der Waals surface area contributed by atoms with Gasteiger partial charge in [0.05, 0.1) is 6.61 Å². The number of hydrogen-bond donors (Lipinski definition) is 1. The Balaban J connectivity index is 0.00000242. The van der Waals surface area contributed by atoms with Crippen molar-refractivity contribution < 1.29 is 4.74 Å². The molecule has 0 saturated heterocycles. The molecule has 0 aliphatic heterocycles. The van der Waals surface area contributed by atoms with Crippen molar-refractivity contribution in [3.8, 4) is 5.75 Å². The standard InChI is InChI=1S/C17H19Cl2NO.ClH/c1-2-21-16-5-3-4-13(10-16)12-20-9-8-14-6-7-15(18)11-17(14)19;/h3-7,10-11,20H,2,8-9,12H2,1H3;1H. The summed E-state index contributed by atoms with van der Waals surface area (Å²) in [4.78, 5) is 0. The van der Waals surface area contributed by atoms with Crippen LogP contribution in [0, 0.1) is 0 Å². The van der Waals surface area contributed by atoms with Gasteiger partial charge >= 0.3 is 0 Å². The van der Waals surface area contributed by atoms with Crippen LogP contribution in [0.4, 0.5) is 0 Å². The Morgan fingerprint density at radius 1 is 1.09 bits per heavy atom. The summed E-state index contributed by atoms with van der Waals surface area (Å²) in [5.74, 6) is 0.914. The van der Waals surface area contributed by atoms with E-state index < -0.39 is 0 Å². The summed E-state index contributed by atoms with van der Waals surface area (Å²) in [6.07, 6.45) is 0.876. The summed E-state index contributed by atoms with van der Waals surface area (Å²) < 4.78 is 5.49. The first-order valence-corrected chi connectivity index (χ1v) is 7.81. The highest BCUT2D eigenvalue weighted by Crippen LogP contribution is 2.21. The Labute approximate surface area is 148 Å². The number of benzene rings is 2. The van der Waals surface area contributed by atoms with Crippen LogP contribution < -0.4 is 10.1 Å². The Bertz CT molecular complexity index is 590. The van der Waals surface area contributed by atoms with Crippen molar-refractivity contribution in [2.45, 2.75) is 19.9 Å². The summed E-state index contributed by atoms with van der Waals surface area (Å²) in [7, 11) is 0. The van der Waals surface area contributed by atoms with E-state index >= 15 is 0 Å². The summed E-state index contributed by atoms with van der Waals surface area (Å²) in [6, 6.07) is 13.8. The lowest BCUT2D eigenvalue weighted by Crippen LogP contribution is -2.16. The average Bonchev–Trinajstić information content (AvgIpc) is 2.46. The highest BCUT2D eigenvalue weighted by atomic mass is 35.5. The molecule has 0 saturated carbocycles. The zero-order valence-electron chi connectivity index (χ0n) is 12.4. The Morgan fingerprint density at radius 3 is 2.64 bits per heavy atom. The van der Waals surface area contributed by atoms with E-state index in [4.69, 9.17) is 27.9 Å². The molecule has 0 heterocycles. The van der Waals surface area contributed by atoms with Crippen LogP contribution in [0.3, 0.4) is 0 Å². The van der Waals surface area contributed by atoms with Crippen molar-refractivity contribution >= 4 is 35.6 Å². The van der Waals surface area contributed by atoms with Gasteiger partial charge in [0.1, 0.15) is 5.75 Å². The molecule has 0 atom stereocenters. The molecular weight excluding hydrogens is 341 g/mol. The minimum Gasteiger partial charge on any atom is -0.494 e. The Morgan fingerprint density at radius 2 is 1.91 bits per heavy atom. The molecule has 2 rings (SSSR count). The molecule has 0 aliphatic carbocycles. The SMILES string of the molecule is CCOc1cccc(CNCCc2ccc(Cl)cc2Cl)c1.Cl. The summed E-state index contributed by atoms with van der Waals surface area (Å²) in [5.41, 5.74) is 2.32. The first-order chi connectivity index (χ1) is 10.2. The van der Waals surface area contributed by atoms with Gasteiger partial charge < -0.3 is 10.1 Å². The second-order valence-corrected chi connectivity index (χ2v) is 5.59. The van der Waals surface area contributed by atoms with Crippen LogP contribution in [0.15, 0.2) is 42.5 Å². The van der Waals surface area contributed by atoms with E-state index in [0.29, 0.717) is 11.6 Å². The van der Waals surface area contributed by atoms with Crippen molar-refractivity contribution in [3.05, 3.63) is 63.6 Å². The Hall–Kier alpha value is -0.930. The number of hydrogen-bond acceptors (Lipinski definition) is 2. The third-order valence-corrected chi connectivity index (χ3v) is 3.71. The fourth-order valence-corrected chi connectivity index (χ4v) is 2.60. The predicted molar refractivity (Wildman–Crippen MR) is 96.7 cm³/mol. The second kappa shape index (κ2) is 9.96. The van der Waals surface area contributed by atoms with Crippen LogP contribution in [-0.4, -0.2) is 13.2 Å². The van der Waals surface area contributed by atoms with Gasteiger partial charge in [0.25, 0.3) is 0 Å². The van der Waals surface area contributed by atoms with E-state index in [-0.39, 0.29) is 12.4 Å². The quantitative estimate of drug-likeness (QED) is 0.690. The lowest BCUT2D eigenvalue weighted by Gasteiger charge is -2.08. The molecule has 22 heavy (non-hydrogen) atoms. The minimum atomic E-state index is 0. The van der Waals surface area contributed by atoms with E-state index in [2.05, 4.69) is 17.4 Å². The van der Waals surface area contributed by atoms with Crippen molar-refractivity contribution in [1.29, 1.82) is 0 Å². The number of ether oxygens (including phenoxy) is 1. The van der Waals surface area contributed by atoms with Crippen LogP contribution in [0.1, 0.15) is 18.1 Å². The van der Waals surface area contributed by atoms with Crippen LogP contribution in [0.2, 0.25) is 10.0 Å². The third kappa shape index (κ3) is 6.05. The molecule has 0 amide bonds. The molecule has 5 heteroatoms. The van der Waals surface area contributed by atoms with Crippen molar-refractivity contribution in [2.24, 2.45) is 0 Å². The normalized spacial score (nSPS) is 10.1. The van der Waals surface area contributed by atoms with Crippen LogP contribution in [0.5, 0.6) is 5.75 Å². The predicted octanol–water partition coefficient (Wildman–Crippen LogP) is 5.15. The topological polar surface area (TPSA) is 21.3 Å². The summed E-state index contributed by atoms with van der Waals surface area (Å²) in [6.45, 7) is 4.35. The van der Waals surface area contributed by atoms with E-state index in [9.17, 15) is 0 Å². The average molecular weight is 361 g/mol. The van der Waals surface area contributed by atoms with Crippen molar-refractivity contribution in [3.63, 3.8) is 0 Å². The van der Waals surface area contributed by atoms with Crippen molar-refractivity contribution in [2.75, 3.05) is 13.2 Å². The molecule has 0 radical (unpaired) electrons. The van der Waals surface area contributed by atoms with Crippen LogP contribution in [0.25, 0.3) is 0 Å². The summed E-state index contributed by atoms with van der Waals surface area (Å²) in [5, 5.41) is 4.81. The van der Waals surface area contributed by atoms with Gasteiger partial charge in [0, 0.05) is 16.6 Å². The van der Waals surface area contributed by atoms with Gasteiger partial charge in [-0.3, -0.25) is 0 Å². The molecular formula is C17H20Cl3NO. The van der Waals surface area contributed by atoms with Gasteiger partial charge in [0.15, 0.2) is 0 Å². The molecule has 0 fully saturated rings. The number of halogens is 3. The van der Waals surface area contributed by atoms with Gasteiger partial charge in [-0.15, -0.1) is 12.4 Å². The van der Waals surface area contributed by atoms with Crippen LogP contribution >= 0.6 is 35.6 Å². The maximum Gasteiger partial charge on any atom is 0.119 e. The lowest BCUT2D eigenvalue weighted by atomic mass is 10.1. The summed E-state index contributed by atoms with van der Waals surface area (Å²) >= 11 is 12.0.